The Labute approximate surface area is 190 Å². The van der Waals surface area contributed by atoms with E-state index in [-0.39, 0.29) is 23.2 Å². The maximum Gasteiger partial charge on any atom is 0.284 e. The van der Waals surface area contributed by atoms with E-state index in [4.69, 9.17) is 0 Å². The van der Waals surface area contributed by atoms with Crippen LogP contribution in [0.3, 0.4) is 0 Å². The SMILES string of the molecule is Cc1cc(Nc2cc(NC(=O)c3ccccn3)ncn2)[n+]([O-])c2c1C(=O)NC21CCCCC1. The zero-order valence-corrected chi connectivity index (χ0v) is 18.1. The van der Waals surface area contributed by atoms with E-state index in [2.05, 4.69) is 30.9 Å². The van der Waals surface area contributed by atoms with Gasteiger partial charge in [0, 0.05) is 18.3 Å². The molecule has 10 nitrogen and oxygen atoms in total. The summed E-state index contributed by atoms with van der Waals surface area (Å²) >= 11 is 0. The van der Waals surface area contributed by atoms with Crippen LogP contribution in [0.15, 0.2) is 42.9 Å². The summed E-state index contributed by atoms with van der Waals surface area (Å²) in [6.45, 7) is 1.82. The number of rotatable bonds is 4. The van der Waals surface area contributed by atoms with Gasteiger partial charge in [0.2, 0.25) is 5.82 Å². The van der Waals surface area contributed by atoms with Crippen LogP contribution in [0.4, 0.5) is 17.5 Å². The Morgan fingerprint density at radius 3 is 2.67 bits per heavy atom. The number of nitrogens with zero attached hydrogens (tertiary/aromatic N) is 4. The topological polar surface area (TPSA) is 136 Å². The second-order valence-electron chi connectivity index (χ2n) is 8.41. The fourth-order valence-corrected chi connectivity index (χ4v) is 4.71. The second kappa shape index (κ2) is 8.12. The van der Waals surface area contributed by atoms with Crippen LogP contribution in [-0.2, 0) is 5.54 Å². The van der Waals surface area contributed by atoms with Crippen molar-refractivity contribution in [2.24, 2.45) is 0 Å². The molecule has 1 saturated carbocycles. The Bertz CT molecular complexity index is 1240. The maximum atomic E-state index is 13.4. The number of carbonyl (C=O) groups excluding carboxylic acids is 2. The summed E-state index contributed by atoms with van der Waals surface area (Å²) in [4.78, 5) is 37.3. The number of anilines is 3. The molecule has 168 valence electrons. The van der Waals surface area contributed by atoms with E-state index < -0.39 is 11.4 Å². The Hall–Kier alpha value is -4.08. The summed E-state index contributed by atoms with van der Waals surface area (Å²) in [7, 11) is 0. The molecule has 1 aliphatic heterocycles. The highest BCUT2D eigenvalue weighted by Crippen LogP contribution is 2.42. The summed E-state index contributed by atoms with van der Waals surface area (Å²) in [6.07, 6.45) is 7.32. The van der Waals surface area contributed by atoms with Crippen LogP contribution in [0.2, 0.25) is 0 Å². The van der Waals surface area contributed by atoms with Crippen molar-refractivity contribution < 1.29 is 14.3 Å². The summed E-state index contributed by atoms with van der Waals surface area (Å²) in [5, 5.41) is 22.2. The van der Waals surface area contributed by atoms with Crippen molar-refractivity contribution in [3.63, 3.8) is 0 Å². The number of hydrogen-bond acceptors (Lipinski definition) is 7. The number of hydrogen-bond donors (Lipinski definition) is 3. The molecule has 1 spiro atoms. The van der Waals surface area contributed by atoms with E-state index in [1.807, 2.05) is 6.92 Å². The van der Waals surface area contributed by atoms with Crippen molar-refractivity contribution in [2.45, 2.75) is 44.6 Å². The summed E-state index contributed by atoms with van der Waals surface area (Å²) in [5.41, 5.74) is 1.29. The predicted molar refractivity (Wildman–Crippen MR) is 120 cm³/mol. The third-order valence-corrected chi connectivity index (χ3v) is 6.21. The van der Waals surface area contributed by atoms with E-state index in [1.165, 1.54) is 18.6 Å². The van der Waals surface area contributed by atoms with E-state index in [0.29, 0.717) is 17.1 Å². The number of pyridine rings is 2. The molecule has 3 N–H and O–H groups in total. The van der Waals surface area contributed by atoms with Gasteiger partial charge in [-0.1, -0.05) is 25.3 Å². The molecule has 5 rings (SSSR count). The molecule has 0 radical (unpaired) electrons. The van der Waals surface area contributed by atoms with Gasteiger partial charge in [-0.2, -0.15) is 4.98 Å². The van der Waals surface area contributed by atoms with E-state index in [0.717, 1.165) is 42.4 Å². The molecule has 33 heavy (non-hydrogen) atoms. The van der Waals surface area contributed by atoms with Gasteiger partial charge in [0.25, 0.3) is 17.6 Å². The van der Waals surface area contributed by atoms with Crippen molar-refractivity contribution in [1.29, 1.82) is 0 Å². The normalized spacial score (nSPS) is 16.2. The van der Waals surface area contributed by atoms with Gasteiger partial charge in [-0.3, -0.25) is 14.6 Å². The molecule has 4 heterocycles. The van der Waals surface area contributed by atoms with Crippen molar-refractivity contribution in [3.05, 3.63) is 70.6 Å². The fraction of sp³-hybridized carbons (Fsp3) is 0.304. The third kappa shape index (κ3) is 3.73. The van der Waals surface area contributed by atoms with E-state index >= 15 is 0 Å². The lowest BCUT2D eigenvalue weighted by Gasteiger charge is -2.34. The molecule has 1 aliphatic carbocycles. The average molecular weight is 445 g/mol. The highest BCUT2D eigenvalue weighted by molar-refractivity contribution is 6.02. The lowest BCUT2D eigenvalue weighted by atomic mass is 9.79. The zero-order chi connectivity index (χ0) is 23.0. The number of fused-ring (bicyclic) bond motifs is 2. The van der Waals surface area contributed by atoms with Crippen LogP contribution in [0.5, 0.6) is 0 Å². The van der Waals surface area contributed by atoms with Crippen LogP contribution < -0.4 is 20.7 Å². The minimum absolute atomic E-state index is 0.192. The van der Waals surface area contributed by atoms with E-state index in [1.54, 1.807) is 24.3 Å². The van der Waals surface area contributed by atoms with Crippen LogP contribution in [-0.4, -0.2) is 26.8 Å². The van der Waals surface area contributed by atoms with Crippen molar-refractivity contribution in [2.75, 3.05) is 10.6 Å². The minimum Gasteiger partial charge on any atom is -0.710 e. The molecule has 3 aromatic rings. The molecule has 10 heteroatoms. The van der Waals surface area contributed by atoms with Crippen LogP contribution in [0.25, 0.3) is 0 Å². The molecule has 1 fully saturated rings. The van der Waals surface area contributed by atoms with E-state index in [9.17, 15) is 14.8 Å². The summed E-state index contributed by atoms with van der Waals surface area (Å²) < 4.78 is 0.805. The number of carbonyl (C=O) groups is 2. The highest BCUT2D eigenvalue weighted by Gasteiger charge is 2.48. The van der Waals surface area contributed by atoms with Crippen LogP contribution in [0, 0.1) is 12.1 Å². The molecule has 0 unspecified atom stereocenters. The zero-order valence-electron chi connectivity index (χ0n) is 18.1. The van der Waals surface area contributed by atoms with Gasteiger partial charge in [0.05, 0.1) is 5.56 Å². The second-order valence-corrected chi connectivity index (χ2v) is 8.41. The Morgan fingerprint density at radius 1 is 1.12 bits per heavy atom. The standard InChI is InChI=1S/C23H23N7O3/c1-14-11-18(30(33)20-19(14)22(32)29-23(20)8-4-2-5-9-23)27-16-12-17(26-13-25-16)28-21(31)15-7-3-6-10-24-15/h3,6-7,10-13H,2,4-5,8-9H2,1H3,(H,29,32)(H2,25,26,27,28,31). The molecule has 0 bridgehead atoms. The first kappa shape index (κ1) is 20.8. The lowest BCUT2D eigenvalue weighted by Crippen LogP contribution is -2.49. The summed E-state index contributed by atoms with van der Waals surface area (Å²) in [5.74, 6) is 0.256. The number of aromatic nitrogens is 4. The Balaban J connectivity index is 1.44. The highest BCUT2D eigenvalue weighted by atomic mass is 16.5. The Morgan fingerprint density at radius 2 is 1.91 bits per heavy atom. The lowest BCUT2D eigenvalue weighted by molar-refractivity contribution is -0.603. The number of aryl methyl sites for hydroxylation is 1. The quantitative estimate of drug-likeness (QED) is 0.415. The molecule has 0 saturated heterocycles. The van der Waals surface area contributed by atoms with Gasteiger partial charge in [-0.15, -0.1) is 0 Å². The number of amides is 2. The van der Waals surface area contributed by atoms with Crippen molar-refractivity contribution >= 4 is 29.3 Å². The smallest absolute Gasteiger partial charge is 0.284 e. The van der Waals surface area contributed by atoms with Crippen molar-refractivity contribution in [1.82, 2.24) is 20.3 Å². The molecule has 0 aromatic carbocycles. The van der Waals surface area contributed by atoms with Gasteiger partial charge in [0.15, 0.2) is 0 Å². The fourth-order valence-electron chi connectivity index (χ4n) is 4.71. The monoisotopic (exact) mass is 445 g/mol. The average Bonchev–Trinajstić information content (AvgIpc) is 3.10. The summed E-state index contributed by atoms with van der Waals surface area (Å²) in [6, 6.07) is 8.21. The predicted octanol–water partition coefficient (Wildman–Crippen LogP) is 2.71. The molecule has 0 atom stereocenters. The molecular formula is C23H23N7O3. The first-order valence-corrected chi connectivity index (χ1v) is 10.9. The Kier molecular flexibility index (Phi) is 5.12. The number of nitrogens with one attached hydrogen (secondary N) is 3. The van der Waals surface area contributed by atoms with Gasteiger partial charge in [-0.25, -0.2) is 15.0 Å². The third-order valence-electron chi connectivity index (χ3n) is 6.21. The van der Waals surface area contributed by atoms with Gasteiger partial charge in [0.1, 0.15) is 29.1 Å². The first-order valence-electron chi connectivity index (χ1n) is 10.9. The van der Waals surface area contributed by atoms with Gasteiger partial charge < -0.3 is 15.8 Å². The maximum absolute atomic E-state index is 13.4. The minimum atomic E-state index is -0.623. The largest absolute Gasteiger partial charge is 0.710 e. The molecule has 2 amide bonds. The van der Waals surface area contributed by atoms with Crippen molar-refractivity contribution in [3.8, 4) is 0 Å². The first-order chi connectivity index (χ1) is 16.0. The molecule has 2 aliphatic rings. The van der Waals surface area contributed by atoms with Crippen LogP contribution in [0.1, 0.15) is 64.2 Å². The van der Waals surface area contributed by atoms with Gasteiger partial charge >= 0.3 is 0 Å². The van der Waals surface area contributed by atoms with Gasteiger partial charge in [-0.05, 0) is 37.5 Å². The molecular weight excluding hydrogens is 422 g/mol. The molecule has 3 aromatic heterocycles. The van der Waals surface area contributed by atoms with Crippen LogP contribution >= 0.6 is 0 Å².